The fraction of sp³-hybridized carbons (Fsp3) is 0.786. The molecule has 1 saturated carbocycles. The highest BCUT2D eigenvalue weighted by molar-refractivity contribution is 5.20. The van der Waals surface area contributed by atoms with Gasteiger partial charge in [-0.25, -0.2) is 0 Å². The van der Waals surface area contributed by atoms with E-state index in [1.807, 2.05) is 0 Å². The predicted molar refractivity (Wildman–Crippen MR) is 72.9 cm³/mol. The standard InChI is InChI=1S/C14H21N5O/c1-19-8-7-16-9-11(19)12-17-13(20-18-12)14(10-15)5-3-2-4-6-14/h11,16H,2-9H2,1H3. The van der Waals surface area contributed by atoms with Crippen molar-refractivity contribution in [2.75, 3.05) is 26.7 Å². The number of hydrogen-bond donors (Lipinski definition) is 1. The Morgan fingerprint density at radius 3 is 2.90 bits per heavy atom. The summed E-state index contributed by atoms with van der Waals surface area (Å²) in [5.74, 6) is 1.23. The van der Waals surface area contributed by atoms with Crippen LogP contribution in [0.4, 0.5) is 0 Å². The third-order valence-electron chi connectivity index (χ3n) is 4.58. The number of aromatic nitrogens is 2. The van der Waals surface area contributed by atoms with Crippen molar-refractivity contribution in [3.63, 3.8) is 0 Å². The summed E-state index contributed by atoms with van der Waals surface area (Å²) in [6.07, 6.45) is 5.00. The highest BCUT2D eigenvalue weighted by Gasteiger charge is 2.40. The van der Waals surface area contributed by atoms with Crippen LogP contribution in [-0.2, 0) is 5.41 Å². The maximum Gasteiger partial charge on any atom is 0.247 e. The molecule has 1 atom stereocenters. The van der Waals surface area contributed by atoms with Gasteiger partial charge in [-0.3, -0.25) is 4.90 Å². The van der Waals surface area contributed by atoms with E-state index in [9.17, 15) is 5.26 Å². The molecule has 0 spiro atoms. The molecular weight excluding hydrogens is 254 g/mol. The topological polar surface area (TPSA) is 78.0 Å². The molecule has 2 fully saturated rings. The molecule has 1 N–H and O–H groups in total. The Kier molecular flexibility index (Phi) is 3.72. The molecule has 3 rings (SSSR count). The zero-order valence-corrected chi connectivity index (χ0v) is 11.9. The first-order valence-corrected chi connectivity index (χ1v) is 7.41. The van der Waals surface area contributed by atoms with Crippen LogP contribution in [0.5, 0.6) is 0 Å². The first kappa shape index (κ1) is 13.5. The lowest BCUT2D eigenvalue weighted by Crippen LogP contribution is -2.44. The smallest absolute Gasteiger partial charge is 0.247 e. The number of nitriles is 1. The molecule has 0 amide bonds. The number of likely N-dealkylation sites (N-methyl/N-ethyl adjacent to an activating group) is 1. The van der Waals surface area contributed by atoms with Gasteiger partial charge in [-0.1, -0.05) is 24.4 Å². The molecule has 1 aromatic heterocycles. The van der Waals surface area contributed by atoms with Gasteiger partial charge in [0, 0.05) is 19.6 Å². The first-order chi connectivity index (χ1) is 9.75. The molecule has 20 heavy (non-hydrogen) atoms. The SMILES string of the molecule is CN1CCNCC1c1noc(C2(C#N)CCCCC2)n1. The summed E-state index contributed by atoms with van der Waals surface area (Å²) in [5.41, 5.74) is -0.551. The normalized spacial score (nSPS) is 27.1. The van der Waals surface area contributed by atoms with Crippen molar-refractivity contribution in [2.24, 2.45) is 0 Å². The number of nitrogens with one attached hydrogen (secondary N) is 1. The van der Waals surface area contributed by atoms with Gasteiger partial charge < -0.3 is 9.84 Å². The monoisotopic (exact) mass is 275 g/mol. The van der Waals surface area contributed by atoms with Crippen molar-refractivity contribution in [1.82, 2.24) is 20.4 Å². The second-order valence-corrected chi connectivity index (χ2v) is 5.91. The minimum absolute atomic E-state index is 0.139. The number of rotatable bonds is 2. The molecule has 0 bridgehead atoms. The van der Waals surface area contributed by atoms with E-state index in [1.54, 1.807) is 0 Å². The summed E-state index contributed by atoms with van der Waals surface area (Å²) >= 11 is 0. The average Bonchev–Trinajstić information content (AvgIpc) is 2.98. The van der Waals surface area contributed by atoms with Crippen LogP contribution in [0.1, 0.15) is 49.9 Å². The minimum Gasteiger partial charge on any atom is -0.338 e. The van der Waals surface area contributed by atoms with E-state index in [0.29, 0.717) is 11.7 Å². The van der Waals surface area contributed by atoms with Crippen LogP contribution < -0.4 is 5.32 Å². The van der Waals surface area contributed by atoms with Crippen LogP contribution >= 0.6 is 0 Å². The third kappa shape index (κ3) is 2.32. The minimum atomic E-state index is -0.551. The van der Waals surface area contributed by atoms with Crippen molar-refractivity contribution in [2.45, 2.75) is 43.6 Å². The molecule has 1 aliphatic heterocycles. The van der Waals surface area contributed by atoms with E-state index < -0.39 is 5.41 Å². The summed E-state index contributed by atoms with van der Waals surface area (Å²) < 4.78 is 5.46. The fourth-order valence-electron chi connectivity index (χ4n) is 3.19. The Morgan fingerprint density at radius 1 is 1.40 bits per heavy atom. The summed E-state index contributed by atoms with van der Waals surface area (Å²) in [7, 11) is 2.07. The molecule has 1 aliphatic carbocycles. The van der Waals surface area contributed by atoms with Crippen LogP contribution in [-0.4, -0.2) is 41.7 Å². The van der Waals surface area contributed by atoms with Crippen molar-refractivity contribution in [3.05, 3.63) is 11.7 Å². The van der Waals surface area contributed by atoms with E-state index in [0.717, 1.165) is 45.3 Å². The Morgan fingerprint density at radius 2 is 2.20 bits per heavy atom. The van der Waals surface area contributed by atoms with Crippen LogP contribution in [0.25, 0.3) is 0 Å². The molecule has 0 aromatic carbocycles. The Bertz CT molecular complexity index is 500. The predicted octanol–water partition coefficient (Wildman–Crippen LogP) is 1.37. The zero-order chi connectivity index (χ0) is 14.0. The largest absolute Gasteiger partial charge is 0.338 e. The van der Waals surface area contributed by atoms with Gasteiger partial charge in [-0.2, -0.15) is 10.2 Å². The Labute approximate surface area is 119 Å². The van der Waals surface area contributed by atoms with Gasteiger partial charge in [0.25, 0.3) is 0 Å². The first-order valence-electron chi connectivity index (χ1n) is 7.41. The summed E-state index contributed by atoms with van der Waals surface area (Å²) in [5, 5.41) is 17.1. The number of nitrogens with zero attached hydrogens (tertiary/aromatic N) is 4. The van der Waals surface area contributed by atoms with E-state index in [4.69, 9.17) is 4.52 Å². The van der Waals surface area contributed by atoms with Crippen LogP contribution in [0, 0.1) is 11.3 Å². The molecule has 108 valence electrons. The van der Waals surface area contributed by atoms with Crippen LogP contribution in [0.2, 0.25) is 0 Å². The molecule has 6 heteroatoms. The van der Waals surface area contributed by atoms with Gasteiger partial charge in [0.2, 0.25) is 5.89 Å². The lowest BCUT2D eigenvalue weighted by molar-refractivity contribution is 0.189. The molecule has 1 unspecified atom stereocenters. The number of piperazine rings is 1. The second-order valence-electron chi connectivity index (χ2n) is 5.91. The molecule has 2 aliphatic rings. The van der Waals surface area contributed by atoms with Crippen LogP contribution in [0.15, 0.2) is 4.52 Å². The molecule has 1 saturated heterocycles. The maximum atomic E-state index is 9.57. The van der Waals surface area contributed by atoms with E-state index >= 15 is 0 Å². The van der Waals surface area contributed by atoms with Gasteiger partial charge in [0.05, 0.1) is 12.1 Å². The highest BCUT2D eigenvalue weighted by Crippen LogP contribution is 2.38. The van der Waals surface area contributed by atoms with Crippen LogP contribution in [0.3, 0.4) is 0 Å². The third-order valence-corrected chi connectivity index (χ3v) is 4.58. The van der Waals surface area contributed by atoms with Crippen molar-refractivity contribution in [3.8, 4) is 6.07 Å². The van der Waals surface area contributed by atoms with E-state index in [-0.39, 0.29) is 6.04 Å². The highest BCUT2D eigenvalue weighted by atomic mass is 16.5. The summed E-state index contributed by atoms with van der Waals surface area (Å²) in [6, 6.07) is 2.58. The molecule has 1 aromatic rings. The number of hydrogen-bond acceptors (Lipinski definition) is 6. The Balaban J connectivity index is 1.84. The van der Waals surface area contributed by atoms with Gasteiger partial charge in [0.15, 0.2) is 5.82 Å². The second kappa shape index (κ2) is 5.51. The maximum absolute atomic E-state index is 9.57. The zero-order valence-electron chi connectivity index (χ0n) is 11.9. The summed E-state index contributed by atoms with van der Waals surface area (Å²) in [4.78, 5) is 6.80. The van der Waals surface area contributed by atoms with Gasteiger partial charge in [-0.15, -0.1) is 0 Å². The average molecular weight is 275 g/mol. The van der Waals surface area contributed by atoms with Crippen molar-refractivity contribution >= 4 is 0 Å². The lowest BCUT2D eigenvalue weighted by Gasteiger charge is -2.30. The lowest BCUT2D eigenvalue weighted by atomic mass is 9.75. The molecular formula is C14H21N5O. The molecule has 0 radical (unpaired) electrons. The fourth-order valence-corrected chi connectivity index (χ4v) is 3.19. The van der Waals surface area contributed by atoms with Gasteiger partial charge in [-0.05, 0) is 19.9 Å². The molecule has 2 heterocycles. The van der Waals surface area contributed by atoms with Crippen molar-refractivity contribution in [1.29, 1.82) is 5.26 Å². The van der Waals surface area contributed by atoms with Crippen molar-refractivity contribution < 1.29 is 4.52 Å². The summed E-state index contributed by atoms with van der Waals surface area (Å²) in [6.45, 7) is 2.78. The van der Waals surface area contributed by atoms with Gasteiger partial charge >= 0.3 is 0 Å². The van der Waals surface area contributed by atoms with E-state index in [1.165, 1.54) is 6.42 Å². The van der Waals surface area contributed by atoms with Gasteiger partial charge in [0.1, 0.15) is 5.41 Å². The quantitative estimate of drug-likeness (QED) is 0.878. The van der Waals surface area contributed by atoms with E-state index in [2.05, 4.69) is 33.5 Å². The molecule has 6 nitrogen and oxygen atoms in total. The Hall–Kier alpha value is -1.45.